The summed E-state index contributed by atoms with van der Waals surface area (Å²) in [5, 5.41) is 2.85. The molecule has 1 aliphatic carbocycles. The Morgan fingerprint density at radius 2 is 2.42 bits per heavy atom. The van der Waals surface area contributed by atoms with Gasteiger partial charge in [-0.15, -0.1) is 0 Å². The lowest BCUT2D eigenvalue weighted by Gasteiger charge is -2.28. The minimum Gasteiger partial charge on any atom is -0.399 e. The molecule has 0 saturated heterocycles. The third kappa shape index (κ3) is 2.12. The Hall–Kier alpha value is -1.25. The zero-order valence-corrected chi connectivity index (χ0v) is 7.42. The molecule has 0 spiro atoms. The van der Waals surface area contributed by atoms with Crippen molar-refractivity contribution < 1.29 is 4.79 Å². The normalized spacial score (nSPS) is 28.0. The molecule has 3 N–H and O–H groups in total. The van der Waals surface area contributed by atoms with Crippen molar-refractivity contribution in [2.24, 2.45) is 5.73 Å². The summed E-state index contributed by atoms with van der Waals surface area (Å²) in [4.78, 5) is 10.8. The van der Waals surface area contributed by atoms with Crippen LogP contribution in [0.15, 0.2) is 23.9 Å². The first-order valence-corrected chi connectivity index (χ1v) is 3.95. The van der Waals surface area contributed by atoms with Crippen LogP contribution in [0.25, 0.3) is 0 Å². The van der Waals surface area contributed by atoms with Gasteiger partial charge in [0.25, 0.3) is 0 Å². The third-order valence-corrected chi connectivity index (χ3v) is 1.87. The number of rotatable bonds is 1. The predicted octanol–water partition coefficient (Wildman–Crippen LogP) is 0.684. The minimum absolute atomic E-state index is 0.0176. The average Bonchev–Trinajstić information content (AvgIpc) is 1.94. The molecule has 3 heteroatoms. The van der Waals surface area contributed by atoms with Crippen molar-refractivity contribution in [1.29, 1.82) is 0 Å². The summed E-state index contributed by atoms with van der Waals surface area (Å²) in [6.07, 6.45) is 6.41. The van der Waals surface area contributed by atoms with Gasteiger partial charge in [-0.25, -0.2) is 0 Å². The molecule has 66 valence electrons. The molecular weight excluding hydrogens is 152 g/mol. The molecule has 1 atom stereocenters. The smallest absolute Gasteiger partial charge is 0.217 e. The van der Waals surface area contributed by atoms with Gasteiger partial charge in [-0.05, 0) is 19.4 Å². The second-order valence-electron chi connectivity index (χ2n) is 3.34. The average molecular weight is 166 g/mol. The fourth-order valence-corrected chi connectivity index (χ4v) is 1.24. The van der Waals surface area contributed by atoms with Crippen LogP contribution in [0.1, 0.15) is 20.3 Å². The maximum atomic E-state index is 10.8. The highest BCUT2D eigenvalue weighted by Gasteiger charge is 2.22. The molecule has 1 amide bonds. The number of carbonyl (C=O) groups is 1. The molecule has 0 heterocycles. The first kappa shape index (κ1) is 8.84. The first-order valence-electron chi connectivity index (χ1n) is 3.95. The van der Waals surface area contributed by atoms with E-state index in [9.17, 15) is 4.79 Å². The molecule has 1 aliphatic rings. The van der Waals surface area contributed by atoms with Gasteiger partial charge in [-0.3, -0.25) is 4.79 Å². The molecule has 0 saturated carbocycles. The van der Waals surface area contributed by atoms with Crippen LogP contribution < -0.4 is 11.1 Å². The highest BCUT2D eigenvalue weighted by molar-refractivity contribution is 5.74. The Labute approximate surface area is 72.3 Å². The summed E-state index contributed by atoms with van der Waals surface area (Å²) in [5.74, 6) is -0.0176. The maximum Gasteiger partial charge on any atom is 0.217 e. The van der Waals surface area contributed by atoms with Crippen LogP contribution in [0.5, 0.6) is 0 Å². The number of allylic oxidation sites excluding steroid dienone is 1. The molecule has 0 bridgehead atoms. The van der Waals surface area contributed by atoms with E-state index in [1.807, 2.05) is 25.2 Å². The summed E-state index contributed by atoms with van der Waals surface area (Å²) in [7, 11) is 0. The van der Waals surface area contributed by atoms with Gasteiger partial charge in [0.05, 0.1) is 5.54 Å². The van der Waals surface area contributed by atoms with Crippen molar-refractivity contribution in [2.75, 3.05) is 0 Å². The second kappa shape index (κ2) is 3.01. The quantitative estimate of drug-likeness (QED) is 0.602. The van der Waals surface area contributed by atoms with Crippen LogP contribution in [-0.2, 0) is 4.79 Å². The van der Waals surface area contributed by atoms with E-state index in [-0.39, 0.29) is 11.4 Å². The lowest BCUT2D eigenvalue weighted by Crippen LogP contribution is -2.43. The van der Waals surface area contributed by atoms with Crippen LogP contribution >= 0.6 is 0 Å². The van der Waals surface area contributed by atoms with E-state index in [4.69, 9.17) is 5.73 Å². The Balaban J connectivity index is 2.65. The Morgan fingerprint density at radius 1 is 1.75 bits per heavy atom. The van der Waals surface area contributed by atoms with Crippen molar-refractivity contribution in [3.8, 4) is 0 Å². The van der Waals surface area contributed by atoms with Crippen LogP contribution in [-0.4, -0.2) is 11.4 Å². The number of nitrogens with two attached hydrogens (primary N) is 1. The molecule has 0 radical (unpaired) electrons. The van der Waals surface area contributed by atoms with Gasteiger partial charge < -0.3 is 11.1 Å². The summed E-state index contributed by atoms with van der Waals surface area (Å²) >= 11 is 0. The van der Waals surface area contributed by atoms with E-state index in [0.717, 1.165) is 12.1 Å². The van der Waals surface area contributed by atoms with Crippen molar-refractivity contribution >= 4 is 5.91 Å². The van der Waals surface area contributed by atoms with Gasteiger partial charge in [0.2, 0.25) is 5.91 Å². The number of amides is 1. The van der Waals surface area contributed by atoms with E-state index in [2.05, 4.69) is 5.32 Å². The summed E-state index contributed by atoms with van der Waals surface area (Å²) < 4.78 is 0. The lowest BCUT2D eigenvalue weighted by molar-refractivity contribution is -0.120. The molecular formula is C9H14N2O. The largest absolute Gasteiger partial charge is 0.399 e. The predicted molar refractivity (Wildman–Crippen MR) is 48.2 cm³/mol. The van der Waals surface area contributed by atoms with Gasteiger partial charge in [0.1, 0.15) is 0 Å². The fourth-order valence-electron chi connectivity index (χ4n) is 1.24. The third-order valence-electron chi connectivity index (χ3n) is 1.87. The van der Waals surface area contributed by atoms with Gasteiger partial charge in [0, 0.05) is 12.6 Å². The molecule has 0 aromatic rings. The summed E-state index contributed by atoms with van der Waals surface area (Å²) in [5.41, 5.74) is 6.05. The van der Waals surface area contributed by atoms with Gasteiger partial charge in [-0.2, -0.15) is 0 Å². The van der Waals surface area contributed by atoms with Crippen LogP contribution in [0.2, 0.25) is 0 Å². The van der Waals surface area contributed by atoms with E-state index >= 15 is 0 Å². The number of hydrogen-bond acceptors (Lipinski definition) is 2. The zero-order valence-electron chi connectivity index (χ0n) is 7.42. The molecule has 0 aromatic heterocycles. The standard InChI is InChI=1S/C9H14N2O/c1-7(12)11-9(2)5-3-8(10)4-6-9/h3-5H,6,10H2,1-2H3,(H,11,12). The fraction of sp³-hybridized carbons (Fsp3) is 0.444. The highest BCUT2D eigenvalue weighted by atomic mass is 16.1. The zero-order chi connectivity index (χ0) is 9.19. The van der Waals surface area contributed by atoms with E-state index in [1.54, 1.807) is 0 Å². The Kier molecular flexibility index (Phi) is 2.22. The summed E-state index contributed by atoms with van der Waals surface area (Å²) in [6.45, 7) is 3.48. The molecule has 3 nitrogen and oxygen atoms in total. The van der Waals surface area contributed by atoms with E-state index in [1.165, 1.54) is 6.92 Å². The number of nitrogens with one attached hydrogen (secondary N) is 1. The van der Waals surface area contributed by atoms with Crippen molar-refractivity contribution in [1.82, 2.24) is 5.32 Å². The van der Waals surface area contributed by atoms with E-state index in [0.29, 0.717) is 0 Å². The first-order chi connectivity index (χ1) is 5.52. The van der Waals surface area contributed by atoms with E-state index < -0.39 is 0 Å². The maximum absolute atomic E-state index is 10.8. The van der Waals surface area contributed by atoms with Crippen molar-refractivity contribution in [3.63, 3.8) is 0 Å². The lowest BCUT2D eigenvalue weighted by atomic mass is 9.92. The van der Waals surface area contributed by atoms with Gasteiger partial charge in [0.15, 0.2) is 0 Å². The molecule has 1 rings (SSSR count). The van der Waals surface area contributed by atoms with Gasteiger partial charge >= 0.3 is 0 Å². The van der Waals surface area contributed by atoms with Crippen molar-refractivity contribution in [3.05, 3.63) is 23.9 Å². The topological polar surface area (TPSA) is 55.1 Å². The van der Waals surface area contributed by atoms with Crippen LogP contribution in [0.4, 0.5) is 0 Å². The molecule has 0 aliphatic heterocycles. The minimum atomic E-state index is -0.255. The number of carbonyl (C=O) groups excluding carboxylic acids is 1. The summed E-state index contributed by atoms with van der Waals surface area (Å²) in [6, 6.07) is 0. The molecule has 0 fully saturated rings. The SMILES string of the molecule is CC(=O)NC1(C)C=CC(N)=CC1. The Morgan fingerprint density at radius 3 is 2.83 bits per heavy atom. The van der Waals surface area contributed by atoms with Crippen molar-refractivity contribution in [2.45, 2.75) is 25.8 Å². The van der Waals surface area contributed by atoms with Crippen LogP contribution in [0, 0.1) is 0 Å². The number of hydrogen-bond donors (Lipinski definition) is 2. The van der Waals surface area contributed by atoms with Crippen LogP contribution in [0.3, 0.4) is 0 Å². The second-order valence-corrected chi connectivity index (χ2v) is 3.34. The Bertz CT molecular complexity index is 255. The monoisotopic (exact) mass is 166 g/mol. The molecule has 1 unspecified atom stereocenters. The highest BCUT2D eigenvalue weighted by Crippen LogP contribution is 2.18. The van der Waals surface area contributed by atoms with Gasteiger partial charge in [-0.1, -0.05) is 12.2 Å². The molecule has 0 aromatic carbocycles. The molecule has 12 heavy (non-hydrogen) atoms.